The summed E-state index contributed by atoms with van der Waals surface area (Å²) in [5, 5.41) is 12.5. The van der Waals surface area contributed by atoms with Crippen LogP contribution in [0.25, 0.3) is 0 Å². The molecule has 5 heterocycles. The number of aryl methyl sites for hydroxylation is 1. The van der Waals surface area contributed by atoms with Crippen molar-refractivity contribution in [3.8, 4) is 5.75 Å². The fourth-order valence-corrected chi connectivity index (χ4v) is 11.2. The number of phenols is 1. The minimum absolute atomic E-state index is 0.0357. The molecule has 10 rings (SSSR count). The molecular weight excluding hydrogens is 743 g/mol. The number of piperidine rings is 2. The molecule has 3 saturated heterocycles. The maximum atomic E-state index is 13.7. The first-order valence-electron chi connectivity index (χ1n) is 21.1. The first kappa shape index (κ1) is 37.5. The van der Waals surface area contributed by atoms with Gasteiger partial charge in [-0.2, -0.15) is 0 Å². The molecule has 0 saturated carbocycles. The molecule has 11 heteroatoms. The summed E-state index contributed by atoms with van der Waals surface area (Å²) in [7, 11) is 0. The summed E-state index contributed by atoms with van der Waals surface area (Å²) in [4.78, 5) is 72.1. The fraction of sp³-hybridized carbons (Fsp3) is 0.396. The summed E-state index contributed by atoms with van der Waals surface area (Å²) in [5.41, 5.74) is 8.83. The fourth-order valence-electron chi connectivity index (χ4n) is 11.2. The van der Waals surface area contributed by atoms with Crippen LogP contribution in [0.4, 0.5) is 5.69 Å². The molecule has 2 N–H and O–H groups in total. The number of rotatable bonds is 6. The summed E-state index contributed by atoms with van der Waals surface area (Å²) >= 11 is 0. The number of nitrogens with zero attached hydrogens (tertiary/aromatic N) is 4. The Morgan fingerprint density at radius 2 is 1.49 bits per heavy atom. The van der Waals surface area contributed by atoms with Crippen LogP contribution in [-0.2, 0) is 33.9 Å². The number of aromatic hydroxyl groups is 1. The Kier molecular flexibility index (Phi) is 9.19. The molecule has 11 nitrogen and oxygen atoms in total. The number of likely N-dealkylation sites (tertiary alicyclic amines) is 1. The molecule has 0 radical (unpaired) electrons. The predicted octanol–water partition coefficient (Wildman–Crippen LogP) is 5.88. The third-order valence-corrected chi connectivity index (χ3v) is 14.3. The Morgan fingerprint density at radius 3 is 2.17 bits per heavy atom. The van der Waals surface area contributed by atoms with E-state index >= 15 is 0 Å². The highest BCUT2D eigenvalue weighted by Crippen LogP contribution is 2.49. The van der Waals surface area contributed by atoms with Crippen LogP contribution >= 0.6 is 0 Å². The van der Waals surface area contributed by atoms with Gasteiger partial charge in [-0.3, -0.25) is 39.1 Å². The summed E-state index contributed by atoms with van der Waals surface area (Å²) in [6, 6.07) is 28.8. The van der Waals surface area contributed by atoms with E-state index in [0.717, 1.165) is 67.8 Å². The smallest absolute Gasteiger partial charge is 0.262 e. The van der Waals surface area contributed by atoms with Gasteiger partial charge < -0.3 is 14.9 Å². The number of phenolic OH excluding ortho intramolecular Hbond substituents is 1. The van der Waals surface area contributed by atoms with E-state index in [1.807, 2.05) is 12.1 Å². The van der Waals surface area contributed by atoms with Gasteiger partial charge in [0.05, 0.1) is 17.7 Å². The van der Waals surface area contributed by atoms with E-state index in [9.17, 15) is 29.1 Å². The highest BCUT2D eigenvalue weighted by atomic mass is 16.3. The van der Waals surface area contributed by atoms with E-state index in [2.05, 4.69) is 82.7 Å². The maximum absolute atomic E-state index is 13.7. The van der Waals surface area contributed by atoms with Gasteiger partial charge in [0, 0.05) is 43.7 Å². The highest BCUT2D eigenvalue weighted by molar-refractivity contribution is 6.23. The van der Waals surface area contributed by atoms with Crippen molar-refractivity contribution in [2.75, 3.05) is 31.1 Å². The number of carbonyl (C=O) groups is 5. The Hall–Kier alpha value is -5.81. The zero-order chi connectivity index (χ0) is 40.6. The van der Waals surface area contributed by atoms with E-state index in [4.69, 9.17) is 0 Å². The Morgan fingerprint density at radius 1 is 0.797 bits per heavy atom. The van der Waals surface area contributed by atoms with Crippen molar-refractivity contribution >= 4 is 35.2 Å². The van der Waals surface area contributed by atoms with Gasteiger partial charge in [0.2, 0.25) is 17.7 Å². The van der Waals surface area contributed by atoms with Gasteiger partial charge in [0.1, 0.15) is 11.8 Å². The van der Waals surface area contributed by atoms with E-state index < -0.39 is 29.7 Å². The number of nitrogens with one attached hydrogen (secondary N) is 1. The molecule has 4 aromatic carbocycles. The van der Waals surface area contributed by atoms with E-state index in [1.54, 1.807) is 17.0 Å². The van der Waals surface area contributed by atoms with Crippen molar-refractivity contribution in [3.05, 3.63) is 129 Å². The monoisotopic (exact) mass is 791 g/mol. The topological polar surface area (TPSA) is 131 Å². The number of carbonyl (C=O) groups excluding carboxylic acids is 5. The SMILES string of the molecule is C[C@H]1CC2(CCN(CC(=O)N3Cc4cc5c(cc4C3)C(=O)N(C3CCC(=O)NC3=O)C5=O)CC2)CN1c1ccc([C@@H]2c3ccc(O)cc3CC[C@@H]2c2ccccc2)cc1. The van der Waals surface area contributed by atoms with Gasteiger partial charge in [0.25, 0.3) is 11.8 Å². The minimum Gasteiger partial charge on any atom is -0.508 e. The highest BCUT2D eigenvalue weighted by Gasteiger charge is 2.47. The number of amides is 5. The molecule has 0 aromatic heterocycles. The molecule has 6 aliphatic rings. The van der Waals surface area contributed by atoms with Crippen LogP contribution in [0.1, 0.15) is 111 Å². The van der Waals surface area contributed by atoms with Crippen molar-refractivity contribution in [2.45, 2.75) is 88.9 Å². The summed E-state index contributed by atoms with van der Waals surface area (Å²) in [6.45, 7) is 6.12. The number of fused-ring (bicyclic) bond motifs is 3. The Bertz CT molecular complexity index is 2340. The third-order valence-electron chi connectivity index (χ3n) is 14.3. The zero-order valence-electron chi connectivity index (χ0n) is 33.4. The first-order chi connectivity index (χ1) is 28.5. The van der Waals surface area contributed by atoms with Gasteiger partial charge >= 0.3 is 0 Å². The lowest BCUT2D eigenvalue weighted by Gasteiger charge is -2.39. The van der Waals surface area contributed by atoms with Crippen LogP contribution in [0, 0.1) is 5.41 Å². The molecule has 59 heavy (non-hydrogen) atoms. The normalized spacial score (nSPS) is 25.0. The largest absolute Gasteiger partial charge is 0.508 e. The van der Waals surface area contributed by atoms with Crippen LogP contribution in [-0.4, -0.2) is 87.6 Å². The first-order valence-corrected chi connectivity index (χ1v) is 21.1. The van der Waals surface area contributed by atoms with Crippen LogP contribution in [0.3, 0.4) is 0 Å². The van der Waals surface area contributed by atoms with Crippen LogP contribution < -0.4 is 10.2 Å². The summed E-state index contributed by atoms with van der Waals surface area (Å²) in [5.74, 6) is -1.15. The molecule has 5 aliphatic heterocycles. The van der Waals surface area contributed by atoms with Crippen molar-refractivity contribution < 1.29 is 29.1 Å². The standard InChI is InChI=1S/C48H49N5O6/c1-29-24-48(28-52(29)35-10-7-31(8-11-35)44-37(30-5-3-2-4-6-30)13-9-32-21-36(54)12-14-38(32)44)17-19-50(20-18-48)27-43(56)51-25-33-22-39-40(23-34(33)26-51)47(59)53(46(39)58)41-15-16-42(55)49-45(41)57/h2-8,10-12,14,21-23,29,37,41,44,54H,9,13,15-20,24-28H2,1H3,(H,49,55,57)/t29-,37+,41?,44-/m0/s1. The van der Waals surface area contributed by atoms with Crippen LogP contribution in [0.5, 0.6) is 5.75 Å². The summed E-state index contributed by atoms with van der Waals surface area (Å²) < 4.78 is 0. The molecule has 4 aromatic rings. The number of imide groups is 2. The molecule has 1 unspecified atom stereocenters. The predicted molar refractivity (Wildman–Crippen MR) is 221 cm³/mol. The van der Waals surface area contributed by atoms with Crippen molar-refractivity contribution in [3.63, 3.8) is 0 Å². The molecule has 302 valence electrons. The molecule has 4 atom stereocenters. The lowest BCUT2D eigenvalue weighted by atomic mass is 9.69. The Labute approximate surface area is 344 Å². The van der Waals surface area contributed by atoms with Gasteiger partial charge in [-0.25, -0.2) is 0 Å². The number of hydrogen-bond acceptors (Lipinski definition) is 8. The van der Waals surface area contributed by atoms with E-state index in [1.165, 1.54) is 27.9 Å². The molecule has 1 spiro atoms. The molecule has 5 amide bonds. The number of benzene rings is 4. The quantitative estimate of drug-likeness (QED) is 0.232. The van der Waals surface area contributed by atoms with Gasteiger partial charge in [-0.05, 0) is 140 Å². The summed E-state index contributed by atoms with van der Waals surface area (Å²) in [6.07, 6.45) is 5.36. The molecule has 1 aliphatic carbocycles. The number of anilines is 1. The maximum Gasteiger partial charge on any atom is 0.262 e. The molecular formula is C48H49N5O6. The van der Waals surface area contributed by atoms with Crippen molar-refractivity contribution in [2.24, 2.45) is 5.41 Å². The molecule has 0 bridgehead atoms. The van der Waals surface area contributed by atoms with E-state index in [-0.39, 0.29) is 41.2 Å². The number of hydrogen-bond donors (Lipinski definition) is 2. The van der Waals surface area contributed by atoms with Crippen LogP contribution in [0.15, 0.2) is 84.9 Å². The van der Waals surface area contributed by atoms with Gasteiger partial charge in [-0.15, -0.1) is 0 Å². The van der Waals surface area contributed by atoms with Gasteiger partial charge in [0.15, 0.2) is 0 Å². The minimum atomic E-state index is -1.00. The van der Waals surface area contributed by atoms with Crippen molar-refractivity contribution in [1.29, 1.82) is 0 Å². The second-order valence-corrected chi connectivity index (χ2v) is 17.8. The zero-order valence-corrected chi connectivity index (χ0v) is 33.4. The van der Waals surface area contributed by atoms with E-state index in [0.29, 0.717) is 37.3 Å². The average molecular weight is 792 g/mol. The lowest BCUT2D eigenvalue weighted by molar-refractivity contribution is -0.136. The van der Waals surface area contributed by atoms with Crippen molar-refractivity contribution in [1.82, 2.24) is 20.0 Å². The third kappa shape index (κ3) is 6.59. The molecule has 3 fully saturated rings. The second-order valence-electron chi connectivity index (χ2n) is 17.8. The lowest BCUT2D eigenvalue weighted by Crippen LogP contribution is -2.54. The Balaban J connectivity index is 0.764. The second kappa shape index (κ2) is 14.5. The van der Waals surface area contributed by atoms with Gasteiger partial charge in [-0.1, -0.05) is 48.5 Å². The van der Waals surface area contributed by atoms with Crippen LogP contribution in [0.2, 0.25) is 0 Å². The average Bonchev–Trinajstić information content (AvgIpc) is 3.88.